The molecule has 22 heavy (non-hydrogen) atoms. The van der Waals surface area contributed by atoms with Gasteiger partial charge in [0.25, 0.3) is 10.0 Å². The molecule has 1 aromatic heterocycles. The van der Waals surface area contributed by atoms with Gasteiger partial charge < -0.3 is 9.84 Å². The van der Waals surface area contributed by atoms with E-state index in [4.69, 9.17) is 4.74 Å². The average molecular weight is 341 g/mol. The molecule has 3 rings (SSSR count). The zero-order valence-electron chi connectivity index (χ0n) is 11.9. The molecular formula is C14H15NO5S2. The highest BCUT2D eigenvalue weighted by Gasteiger charge is 2.54. The van der Waals surface area contributed by atoms with Crippen molar-refractivity contribution in [3.63, 3.8) is 0 Å². The monoisotopic (exact) mass is 341 g/mol. The Bertz CT molecular complexity index is 788. The van der Waals surface area contributed by atoms with Crippen molar-refractivity contribution in [3.8, 4) is 0 Å². The summed E-state index contributed by atoms with van der Waals surface area (Å²) in [6, 6.07) is 9.05. The highest BCUT2D eigenvalue weighted by atomic mass is 32.2. The van der Waals surface area contributed by atoms with Crippen LogP contribution < -0.4 is 0 Å². The number of carboxylic acids is 1. The van der Waals surface area contributed by atoms with Crippen LogP contribution in [0.3, 0.4) is 0 Å². The van der Waals surface area contributed by atoms with Gasteiger partial charge in [-0.05, 0) is 17.5 Å². The van der Waals surface area contributed by atoms with E-state index < -0.39 is 21.4 Å². The van der Waals surface area contributed by atoms with Gasteiger partial charge in [-0.25, -0.2) is 8.42 Å². The van der Waals surface area contributed by atoms with Gasteiger partial charge in [0, 0.05) is 24.9 Å². The molecular weight excluding hydrogens is 326 g/mol. The molecule has 0 spiro atoms. The van der Waals surface area contributed by atoms with Gasteiger partial charge in [0.2, 0.25) is 0 Å². The van der Waals surface area contributed by atoms with Crippen LogP contribution in [0.15, 0.2) is 34.5 Å². The van der Waals surface area contributed by atoms with Gasteiger partial charge in [0.1, 0.15) is 9.62 Å². The number of benzene rings is 1. The second kappa shape index (κ2) is 5.31. The first-order chi connectivity index (χ1) is 10.4. The van der Waals surface area contributed by atoms with Crippen LogP contribution in [-0.4, -0.2) is 50.6 Å². The summed E-state index contributed by atoms with van der Waals surface area (Å²) in [5, 5.41) is 10.2. The molecule has 1 fully saturated rings. The summed E-state index contributed by atoms with van der Waals surface area (Å²) in [7, 11) is -2.24. The lowest BCUT2D eigenvalue weighted by molar-refractivity contribution is -0.161. The molecule has 0 radical (unpaired) electrons. The first-order valence-electron chi connectivity index (χ1n) is 6.60. The van der Waals surface area contributed by atoms with E-state index in [1.807, 2.05) is 24.3 Å². The Morgan fingerprint density at radius 3 is 2.68 bits per heavy atom. The summed E-state index contributed by atoms with van der Waals surface area (Å²) in [6.07, 6.45) is 0. The van der Waals surface area contributed by atoms with Gasteiger partial charge in [-0.15, -0.1) is 11.3 Å². The molecule has 0 amide bonds. The van der Waals surface area contributed by atoms with Crippen LogP contribution in [0.5, 0.6) is 0 Å². The molecule has 0 unspecified atom stereocenters. The van der Waals surface area contributed by atoms with Crippen molar-refractivity contribution in [2.75, 3.05) is 26.8 Å². The second-order valence-electron chi connectivity index (χ2n) is 5.39. The first-order valence-corrected chi connectivity index (χ1v) is 8.86. The lowest BCUT2D eigenvalue weighted by Gasteiger charge is -2.45. The van der Waals surface area contributed by atoms with E-state index in [-0.39, 0.29) is 23.9 Å². The van der Waals surface area contributed by atoms with Crippen molar-refractivity contribution >= 4 is 37.4 Å². The van der Waals surface area contributed by atoms with Crippen LogP contribution in [0.2, 0.25) is 0 Å². The lowest BCUT2D eigenvalue weighted by Crippen LogP contribution is -2.63. The van der Waals surface area contributed by atoms with Crippen LogP contribution in [0.25, 0.3) is 10.1 Å². The number of sulfonamides is 1. The lowest BCUT2D eigenvalue weighted by atomic mass is 9.83. The number of carboxylic acid groups (broad SMARTS) is 1. The van der Waals surface area contributed by atoms with E-state index in [0.717, 1.165) is 10.1 Å². The molecule has 1 aliphatic rings. The Morgan fingerprint density at radius 1 is 1.41 bits per heavy atom. The summed E-state index contributed by atoms with van der Waals surface area (Å²) in [5.74, 6) is -1.03. The number of hydrogen-bond donors (Lipinski definition) is 1. The SMILES string of the molecule is COCC1(C(=O)O)CN(S(=O)(=O)c2cc3ccccc3s2)C1. The number of rotatable bonds is 5. The molecule has 118 valence electrons. The van der Waals surface area contributed by atoms with E-state index in [1.54, 1.807) is 6.07 Å². The first kappa shape index (κ1) is 15.4. The smallest absolute Gasteiger partial charge is 0.314 e. The molecule has 1 saturated heterocycles. The third kappa shape index (κ3) is 2.32. The molecule has 2 aromatic rings. The van der Waals surface area contributed by atoms with Crippen molar-refractivity contribution in [2.45, 2.75) is 4.21 Å². The summed E-state index contributed by atoms with van der Waals surface area (Å²) in [5.41, 5.74) is -1.14. The van der Waals surface area contributed by atoms with Crippen molar-refractivity contribution in [1.82, 2.24) is 4.31 Å². The predicted octanol–water partition coefficient (Wildman–Crippen LogP) is 1.62. The zero-order chi connectivity index (χ0) is 16.0. The van der Waals surface area contributed by atoms with Crippen LogP contribution in [0.1, 0.15) is 0 Å². The Kier molecular flexibility index (Phi) is 3.72. The maximum atomic E-state index is 12.6. The third-order valence-corrected chi connectivity index (χ3v) is 7.19. The minimum Gasteiger partial charge on any atom is -0.481 e. The van der Waals surface area contributed by atoms with Gasteiger partial charge in [0.05, 0.1) is 6.61 Å². The maximum Gasteiger partial charge on any atom is 0.314 e. The number of thiophene rings is 1. The number of nitrogens with zero attached hydrogens (tertiary/aromatic N) is 1. The van der Waals surface area contributed by atoms with E-state index in [0.29, 0.717) is 0 Å². The van der Waals surface area contributed by atoms with E-state index in [9.17, 15) is 18.3 Å². The van der Waals surface area contributed by atoms with Crippen molar-refractivity contribution in [1.29, 1.82) is 0 Å². The summed E-state index contributed by atoms with van der Waals surface area (Å²) >= 11 is 1.20. The maximum absolute atomic E-state index is 12.6. The number of ether oxygens (including phenoxy) is 1. The number of fused-ring (bicyclic) bond motifs is 1. The quantitative estimate of drug-likeness (QED) is 0.893. The Hall–Kier alpha value is -1.48. The molecule has 6 nitrogen and oxygen atoms in total. The Morgan fingerprint density at radius 2 is 2.09 bits per heavy atom. The molecule has 1 N–H and O–H groups in total. The number of aliphatic carboxylic acids is 1. The van der Waals surface area contributed by atoms with Gasteiger partial charge >= 0.3 is 5.97 Å². The van der Waals surface area contributed by atoms with Gasteiger partial charge in [-0.2, -0.15) is 4.31 Å². The highest BCUT2D eigenvalue weighted by Crippen LogP contribution is 2.38. The molecule has 1 aliphatic heterocycles. The van der Waals surface area contributed by atoms with E-state index >= 15 is 0 Å². The van der Waals surface area contributed by atoms with Crippen molar-refractivity contribution < 1.29 is 23.1 Å². The standard InChI is InChI=1S/C14H15NO5S2/c1-20-9-14(13(16)17)7-15(8-14)22(18,19)12-6-10-4-2-3-5-11(10)21-12/h2-6H,7-9H2,1H3,(H,16,17). The normalized spacial score (nSPS) is 18.2. The Balaban J connectivity index is 1.87. The van der Waals surface area contributed by atoms with Gasteiger partial charge in [-0.1, -0.05) is 18.2 Å². The summed E-state index contributed by atoms with van der Waals surface area (Å²) in [4.78, 5) is 11.3. The van der Waals surface area contributed by atoms with Gasteiger partial charge in [0.15, 0.2) is 0 Å². The number of hydrogen-bond acceptors (Lipinski definition) is 5. The fraction of sp³-hybridized carbons (Fsp3) is 0.357. The Labute approximate surface area is 132 Å². The number of carbonyl (C=O) groups is 1. The minimum atomic E-state index is -3.65. The van der Waals surface area contributed by atoms with Crippen LogP contribution in [0.4, 0.5) is 0 Å². The van der Waals surface area contributed by atoms with E-state index in [1.165, 1.54) is 22.8 Å². The molecule has 0 atom stereocenters. The third-order valence-electron chi connectivity index (χ3n) is 3.83. The summed E-state index contributed by atoms with van der Waals surface area (Å²) in [6.45, 7) is -0.125. The van der Waals surface area contributed by atoms with Crippen molar-refractivity contribution in [3.05, 3.63) is 30.3 Å². The number of methoxy groups -OCH3 is 1. The molecule has 0 bridgehead atoms. The largest absolute Gasteiger partial charge is 0.481 e. The second-order valence-corrected chi connectivity index (χ2v) is 8.64. The fourth-order valence-corrected chi connectivity index (χ4v) is 5.74. The van der Waals surface area contributed by atoms with Gasteiger partial charge in [-0.3, -0.25) is 4.79 Å². The molecule has 1 aromatic carbocycles. The summed E-state index contributed by atoms with van der Waals surface area (Å²) < 4.78 is 32.5. The highest BCUT2D eigenvalue weighted by molar-refractivity contribution is 7.91. The molecule has 0 saturated carbocycles. The molecule has 2 heterocycles. The topological polar surface area (TPSA) is 83.9 Å². The minimum absolute atomic E-state index is 0.000763. The average Bonchev–Trinajstić information content (AvgIpc) is 2.86. The molecule has 0 aliphatic carbocycles. The zero-order valence-corrected chi connectivity index (χ0v) is 13.5. The van der Waals surface area contributed by atoms with Crippen LogP contribution in [0, 0.1) is 5.41 Å². The van der Waals surface area contributed by atoms with Crippen molar-refractivity contribution in [2.24, 2.45) is 5.41 Å². The predicted molar refractivity (Wildman–Crippen MR) is 82.5 cm³/mol. The van der Waals surface area contributed by atoms with Crippen LogP contribution >= 0.6 is 11.3 Å². The van der Waals surface area contributed by atoms with Crippen LogP contribution in [-0.2, 0) is 19.6 Å². The van der Waals surface area contributed by atoms with E-state index in [2.05, 4.69) is 0 Å². The fourth-order valence-electron chi connectivity index (χ4n) is 2.58. The molecule has 8 heteroatoms.